The normalized spacial score (nSPS) is 11.2. The molecule has 2 heterocycles. The molecule has 0 amide bonds. The van der Waals surface area contributed by atoms with Crippen molar-refractivity contribution in [2.75, 3.05) is 5.73 Å². The number of oxazole rings is 1. The van der Waals surface area contributed by atoms with Gasteiger partial charge in [-0.3, -0.25) is 0 Å². The van der Waals surface area contributed by atoms with E-state index in [1.807, 2.05) is 0 Å². The molecule has 2 N–H and O–H groups in total. The fourth-order valence-corrected chi connectivity index (χ4v) is 2.44. The molecule has 4 heteroatoms. The fraction of sp³-hybridized carbons (Fsp3) is 0.364. The molecule has 2 aromatic rings. The molecule has 0 spiro atoms. The number of anilines is 1. The topological polar surface area (TPSA) is 52.0 Å². The first-order valence-corrected chi connectivity index (χ1v) is 5.78. The monoisotopic (exact) mass is 222 g/mol. The minimum atomic E-state index is 0.251. The van der Waals surface area contributed by atoms with Crippen LogP contribution in [0, 0.1) is 6.92 Å². The minimum absolute atomic E-state index is 0.251. The number of aromatic nitrogens is 1. The first-order chi connectivity index (χ1) is 7.09. The summed E-state index contributed by atoms with van der Waals surface area (Å²) in [7, 11) is 0. The Labute approximate surface area is 92.9 Å². The van der Waals surface area contributed by atoms with Gasteiger partial charge in [0.2, 0.25) is 0 Å². The van der Waals surface area contributed by atoms with E-state index in [1.165, 1.54) is 5.56 Å². The molecule has 3 nitrogen and oxygen atoms in total. The van der Waals surface area contributed by atoms with Crippen molar-refractivity contribution in [3.8, 4) is 10.6 Å². The van der Waals surface area contributed by atoms with Crippen LogP contribution < -0.4 is 5.73 Å². The van der Waals surface area contributed by atoms with Gasteiger partial charge in [-0.15, -0.1) is 11.3 Å². The van der Waals surface area contributed by atoms with Crippen molar-refractivity contribution in [3.05, 3.63) is 22.8 Å². The van der Waals surface area contributed by atoms with Crippen molar-refractivity contribution in [3.63, 3.8) is 0 Å². The minimum Gasteiger partial charge on any atom is -0.428 e. The van der Waals surface area contributed by atoms with Crippen LogP contribution in [0.4, 0.5) is 6.01 Å². The van der Waals surface area contributed by atoms with E-state index >= 15 is 0 Å². The second kappa shape index (κ2) is 3.70. The molecule has 0 aliphatic carbocycles. The lowest BCUT2D eigenvalue weighted by Crippen LogP contribution is -1.88. The molecule has 0 aliphatic rings. The highest BCUT2D eigenvalue weighted by Gasteiger charge is 2.18. The molecule has 0 saturated carbocycles. The van der Waals surface area contributed by atoms with Gasteiger partial charge in [0.05, 0.1) is 4.88 Å². The molecule has 0 fully saturated rings. The van der Waals surface area contributed by atoms with Gasteiger partial charge in [0.25, 0.3) is 6.01 Å². The third-order valence-corrected chi connectivity index (χ3v) is 3.29. The summed E-state index contributed by atoms with van der Waals surface area (Å²) in [6.45, 7) is 6.22. The van der Waals surface area contributed by atoms with E-state index in [-0.39, 0.29) is 6.01 Å². The molecule has 2 aromatic heterocycles. The maximum absolute atomic E-state index is 5.60. The zero-order chi connectivity index (χ0) is 11.0. The van der Waals surface area contributed by atoms with E-state index in [4.69, 9.17) is 10.2 Å². The number of nitrogen functional groups attached to an aromatic ring is 1. The van der Waals surface area contributed by atoms with Crippen LogP contribution in [0.2, 0.25) is 0 Å². The van der Waals surface area contributed by atoms with Crippen LogP contribution in [0.15, 0.2) is 15.9 Å². The molecule has 0 bridgehead atoms. The van der Waals surface area contributed by atoms with E-state index in [0.29, 0.717) is 5.92 Å². The molecule has 0 saturated heterocycles. The summed E-state index contributed by atoms with van der Waals surface area (Å²) in [5.41, 5.74) is 7.72. The zero-order valence-corrected chi connectivity index (χ0v) is 9.89. The van der Waals surface area contributed by atoms with Gasteiger partial charge in [0.1, 0.15) is 11.5 Å². The molecule has 0 unspecified atom stereocenters. The molecule has 15 heavy (non-hydrogen) atoms. The lowest BCUT2D eigenvalue weighted by molar-refractivity contribution is 0.500. The van der Waals surface area contributed by atoms with Gasteiger partial charge in [-0.25, -0.2) is 0 Å². The Hall–Kier alpha value is -1.29. The summed E-state index contributed by atoms with van der Waals surface area (Å²) < 4.78 is 5.43. The van der Waals surface area contributed by atoms with Gasteiger partial charge < -0.3 is 10.2 Å². The van der Waals surface area contributed by atoms with Gasteiger partial charge in [-0.2, -0.15) is 4.98 Å². The quantitative estimate of drug-likeness (QED) is 0.847. The molecule has 0 atom stereocenters. The number of hydrogen-bond donors (Lipinski definition) is 1. The van der Waals surface area contributed by atoms with Crippen LogP contribution in [0.3, 0.4) is 0 Å². The Morgan fingerprint density at radius 1 is 1.47 bits per heavy atom. The molecule has 0 radical (unpaired) electrons. The van der Waals surface area contributed by atoms with Gasteiger partial charge in [0.15, 0.2) is 0 Å². The van der Waals surface area contributed by atoms with Gasteiger partial charge in [-0.1, -0.05) is 13.8 Å². The second-order valence-electron chi connectivity index (χ2n) is 3.85. The van der Waals surface area contributed by atoms with Crippen molar-refractivity contribution in [2.24, 2.45) is 0 Å². The van der Waals surface area contributed by atoms with Crippen molar-refractivity contribution in [1.82, 2.24) is 4.98 Å². The highest BCUT2D eigenvalue weighted by atomic mass is 32.1. The fourth-order valence-electron chi connectivity index (χ4n) is 1.52. The molecule has 0 aliphatic heterocycles. The molecule has 80 valence electrons. The first-order valence-electron chi connectivity index (χ1n) is 4.90. The van der Waals surface area contributed by atoms with Crippen molar-refractivity contribution in [1.29, 1.82) is 0 Å². The van der Waals surface area contributed by atoms with E-state index in [9.17, 15) is 0 Å². The summed E-state index contributed by atoms with van der Waals surface area (Å²) in [6, 6.07) is 2.33. The van der Waals surface area contributed by atoms with Crippen LogP contribution in [-0.4, -0.2) is 4.98 Å². The molecular weight excluding hydrogens is 208 g/mol. The first kappa shape index (κ1) is 10.2. The SMILES string of the molecule is Cc1ccsc1-c1nc(N)oc1C(C)C. The summed E-state index contributed by atoms with van der Waals surface area (Å²) in [4.78, 5) is 5.41. The third kappa shape index (κ3) is 1.77. The maximum Gasteiger partial charge on any atom is 0.292 e. The van der Waals surface area contributed by atoms with Gasteiger partial charge >= 0.3 is 0 Å². The van der Waals surface area contributed by atoms with Gasteiger partial charge in [-0.05, 0) is 23.9 Å². The molecule has 0 aromatic carbocycles. The summed E-state index contributed by atoms with van der Waals surface area (Å²) in [5.74, 6) is 1.17. The van der Waals surface area contributed by atoms with Crippen LogP contribution >= 0.6 is 11.3 Å². The van der Waals surface area contributed by atoms with E-state index in [2.05, 4.69) is 37.2 Å². The summed E-state index contributed by atoms with van der Waals surface area (Å²) in [6.07, 6.45) is 0. The predicted molar refractivity (Wildman–Crippen MR) is 63.1 cm³/mol. The number of rotatable bonds is 2. The molecular formula is C11H14N2OS. The maximum atomic E-state index is 5.60. The Morgan fingerprint density at radius 3 is 2.73 bits per heavy atom. The van der Waals surface area contributed by atoms with Crippen LogP contribution in [0.25, 0.3) is 10.6 Å². The standard InChI is InChI=1S/C11H14N2OS/c1-6(2)9-8(13-11(12)14-9)10-7(3)4-5-15-10/h4-6H,1-3H3,(H2,12,13). The van der Waals surface area contributed by atoms with E-state index in [1.54, 1.807) is 11.3 Å². The lowest BCUT2D eigenvalue weighted by atomic mass is 10.1. The number of nitrogens with two attached hydrogens (primary N) is 1. The number of nitrogens with zero attached hydrogens (tertiary/aromatic N) is 1. The van der Waals surface area contributed by atoms with Gasteiger partial charge in [0, 0.05) is 5.92 Å². The Kier molecular flexibility index (Phi) is 2.52. The second-order valence-corrected chi connectivity index (χ2v) is 4.77. The molecule has 2 rings (SSSR count). The van der Waals surface area contributed by atoms with Crippen molar-refractivity contribution < 1.29 is 4.42 Å². The number of hydrogen-bond acceptors (Lipinski definition) is 4. The average Bonchev–Trinajstić information content (AvgIpc) is 2.71. The van der Waals surface area contributed by atoms with E-state index in [0.717, 1.165) is 16.3 Å². The summed E-state index contributed by atoms with van der Waals surface area (Å²) in [5, 5.41) is 2.06. The lowest BCUT2D eigenvalue weighted by Gasteiger charge is -2.02. The van der Waals surface area contributed by atoms with Crippen molar-refractivity contribution in [2.45, 2.75) is 26.7 Å². The van der Waals surface area contributed by atoms with Crippen LogP contribution in [0.1, 0.15) is 31.1 Å². The van der Waals surface area contributed by atoms with E-state index < -0.39 is 0 Å². The Morgan fingerprint density at radius 2 is 2.20 bits per heavy atom. The average molecular weight is 222 g/mol. The third-order valence-electron chi connectivity index (χ3n) is 2.27. The largest absolute Gasteiger partial charge is 0.428 e. The van der Waals surface area contributed by atoms with Crippen LogP contribution in [0.5, 0.6) is 0 Å². The number of thiophene rings is 1. The van der Waals surface area contributed by atoms with Crippen LogP contribution in [-0.2, 0) is 0 Å². The Bertz CT molecular complexity index is 471. The highest BCUT2D eigenvalue weighted by Crippen LogP contribution is 2.35. The number of aryl methyl sites for hydroxylation is 1. The predicted octanol–water partition coefficient (Wildman–Crippen LogP) is 3.42. The zero-order valence-electron chi connectivity index (χ0n) is 9.07. The van der Waals surface area contributed by atoms with Crippen molar-refractivity contribution >= 4 is 17.4 Å². The Balaban J connectivity index is 2.57. The highest BCUT2D eigenvalue weighted by molar-refractivity contribution is 7.13. The smallest absolute Gasteiger partial charge is 0.292 e. The summed E-state index contributed by atoms with van der Waals surface area (Å²) >= 11 is 1.67.